The second-order valence-corrected chi connectivity index (χ2v) is 5.50. The van der Waals surface area contributed by atoms with Crippen LogP contribution in [-0.4, -0.2) is 68.6 Å². The highest BCUT2D eigenvalue weighted by Crippen LogP contribution is 2.17. The van der Waals surface area contributed by atoms with E-state index in [4.69, 9.17) is 9.47 Å². The maximum atomic E-state index is 5.58. The van der Waals surface area contributed by atoms with Gasteiger partial charge in [-0.3, -0.25) is 4.90 Å². The molecule has 4 nitrogen and oxygen atoms in total. The van der Waals surface area contributed by atoms with Crippen LogP contribution >= 0.6 is 0 Å². The quantitative estimate of drug-likeness (QED) is 0.720. The summed E-state index contributed by atoms with van der Waals surface area (Å²) in [6.07, 6.45) is 4.79. The summed E-state index contributed by atoms with van der Waals surface area (Å²) in [5.41, 5.74) is 0. The van der Waals surface area contributed by atoms with Gasteiger partial charge in [0, 0.05) is 25.6 Å². The normalized spacial score (nSPS) is 27.2. The molecule has 2 aliphatic heterocycles. The molecule has 1 atom stereocenters. The first kappa shape index (κ1) is 14.3. The summed E-state index contributed by atoms with van der Waals surface area (Å²) in [4.78, 5) is 5.03. The van der Waals surface area contributed by atoms with Gasteiger partial charge in [-0.15, -0.1) is 0 Å². The highest BCUT2D eigenvalue weighted by atomic mass is 16.7. The third-order valence-corrected chi connectivity index (χ3v) is 4.07. The van der Waals surface area contributed by atoms with E-state index in [1.165, 1.54) is 32.5 Å². The summed E-state index contributed by atoms with van der Waals surface area (Å²) in [6.45, 7) is 8.71. The largest absolute Gasteiger partial charge is 0.353 e. The molecule has 0 aromatic heterocycles. The number of rotatable bonds is 6. The van der Waals surface area contributed by atoms with Crippen molar-refractivity contribution in [1.82, 2.24) is 9.80 Å². The van der Waals surface area contributed by atoms with Gasteiger partial charge in [0.25, 0.3) is 0 Å². The molecule has 0 saturated carbocycles. The topological polar surface area (TPSA) is 24.9 Å². The average molecular weight is 256 g/mol. The Morgan fingerprint density at radius 3 is 2.72 bits per heavy atom. The third-order valence-electron chi connectivity index (χ3n) is 4.07. The van der Waals surface area contributed by atoms with Gasteiger partial charge in [0.05, 0.1) is 13.2 Å². The molecule has 1 unspecified atom stereocenters. The molecule has 2 saturated heterocycles. The minimum Gasteiger partial charge on any atom is -0.353 e. The van der Waals surface area contributed by atoms with E-state index in [2.05, 4.69) is 23.8 Å². The van der Waals surface area contributed by atoms with Crippen LogP contribution in [0.25, 0.3) is 0 Å². The highest BCUT2D eigenvalue weighted by Gasteiger charge is 2.24. The molecule has 0 amide bonds. The molecule has 2 rings (SSSR count). The van der Waals surface area contributed by atoms with Gasteiger partial charge >= 0.3 is 0 Å². The van der Waals surface area contributed by atoms with E-state index in [0.29, 0.717) is 0 Å². The minimum atomic E-state index is 0.0343. The van der Waals surface area contributed by atoms with Crippen molar-refractivity contribution < 1.29 is 9.47 Å². The van der Waals surface area contributed by atoms with E-state index in [1.54, 1.807) is 0 Å². The van der Waals surface area contributed by atoms with Crippen LogP contribution in [0.2, 0.25) is 0 Å². The van der Waals surface area contributed by atoms with Gasteiger partial charge in [0.2, 0.25) is 0 Å². The van der Waals surface area contributed by atoms with Crippen LogP contribution in [0, 0.1) is 0 Å². The van der Waals surface area contributed by atoms with Crippen LogP contribution in [0.4, 0.5) is 0 Å². The zero-order valence-corrected chi connectivity index (χ0v) is 11.9. The Bertz CT molecular complexity index is 232. The monoisotopic (exact) mass is 256 g/mol. The first-order valence-corrected chi connectivity index (χ1v) is 7.45. The third kappa shape index (κ3) is 4.19. The Morgan fingerprint density at radius 2 is 2.00 bits per heavy atom. The number of hydrogen-bond acceptors (Lipinski definition) is 4. The molecular weight excluding hydrogens is 228 g/mol. The van der Waals surface area contributed by atoms with E-state index >= 15 is 0 Å². The van der Waals surface area contributed by atoms with Crippen molar-refractivity contribution in [3.05, 3.63) is 0 Å². The molecule has 0 aliphatic carbocycles. The Balaban J connectivity index is 1.63. The zero-order valence-electron chi connectivity index (χ0n) is 11.9. The van der Waals surface area contributed by atoms with Crippen molar-refractivity contribution in [2.75, 3.05) is 46.4 Å². The fourth-order valence-corrected chi connectivity index (χ4v) is 3.00. The van der Waals surface area contributed by atoms with Crippen molar-refractivity contribution in [1.29, 1.82) is 0 Å². The standard InChI is InChI=1S/C14H28N2O2/c1-3-16-8-4-6-13(16)12-15(2)9-7-14-17-10-5-11-18-14/h13-14H,3-12H2,1-2H3. The van der Waals surface area contributed by atoms with E-state index in [-0.39, 0.29) is 6.29 Å². The van der Waals surface area contributed by atoms with E-state index in [1.807, 2.05) is 0 Å². The van der Waals surface area contributed by atoms with E-state index in [9.17, 15) is 0 Å². The lowest BCUT2D eigenvalue weighted by Crippen LogP contribution is -2.40. The lowest BCUT2D eigenvalue weighted by molar-refractivity contribution is -0.182. The molecule has 0 aromatic rings. The molecule has 0 aromatic carbocycles. The minimum absolute atomic E-state index is 0.0343. The second kappa shape index (κ2) is 7.43. The number of hydrogen-bond donors (Lipinski definition) is 0. The lowest BCUT2D eigenvalue weighted by Gasteiger charge is -2.29. The summed E-state index contributed by atoms with van der Waals surface area (Å²) in [5, 5.41) is 0. The number of likely N-dealkylation sites (N-methyl/N-ethyl adjacent to an activating group) is 2. The number of nitrogens with zero attached hydrogens (tertiary/aromatic N) is 2. The fraction of sp³-hybridized carbons (Fsp3) is 1.00. The van der Waals surface area contributed by atoms with Gasteiger partial charge in [0.1, 0.15) is 0 Å². The molecule has 0 bridgehead atoms. The Morgan fingerprint density at radius 1 is 1.22 bits per heavy atom. The van der Waals surface area contributed by atoms with Crippen molar-refractivity contribution in [3.63, 3.8) is 0 Å². The molecule has 18 heavy (non-hydrogen) atoms. The molecular formula is C14H28N2O2. The summed E-state index contributed by atoms with van der Waals surface area (Å²) < 4.78 is 11.2. The van der Waals surface area contributed by atoms with Gasteiger partial charge in [-0.1, -0.05) is 6.92 Å². The second-order valence-electron chi connectivity index (χ2n) is 5.50. The van der Waals surface area contributed by atoms with Gasteiger partial charge in [-0.2, -0.15) is 0 Å². The first-order chi connectivity index (χ1) is 8.79. The molecule has 2 heterocycles. The van der Waals surface area contributed by atoms with Crippen LogP contribution in [-0.2, 0) is 9.47 Å². The van der Waals surface area contributed by atoms with Crippen molar-refractivity contribution >= 4 is 0 Å². The summed E-state index contributed by atoms with van der Waals surface area (Å²) in [7, 11) is 2.22. The summed E-state index contributed by atoms with van der Waals surface area (Å²) in [5.74, 6) is 0. The van der Waals surface area contributed by atoms with Crippen LogP contribution < -0.4 is 0 Å². The Hall–Kier alpha value is -0.160. The predicted octanol–water partition coefficient (Wildman–Crippen LogP) is 1.56. The zero-order chi connectivity index (χ0) is 12.8. The number of ether oxygens (including phenoxy) is 2. The van der Waals surface area contributed by atoms with E-state index < -0.39 is 0 Å². The maximum Gasteiger partial charge on any atom is 0.158 e. The number of likely N-dealkylation sites (tertiary alicyclic amines) is 1. The van der Waals surface area contributed by atoms with Crippen molar-refractivity contribution in [2.45, 2.75) is 44.9 Å². The van der Waals surface area contributed by atoms with Gasteiger partial charge < -0.3 is 14.4 Å². The Kier molecular flexibility index (Phi) is 5.89. The molecule has 2 aliphatic rings. The van der Waals surface area contributed by atoms with Crippen molar-refractivity contribution in [2.24, 2.45) is 0 Å². The predicted molar refractivity (Wildman–Crippen MR) is 72.7 cm³/mol. The molecule has 4 heteroatoms. The van der Waals surface area contributed by atoms with Gasteiger partial charge in [0.15, 0.2) is 6.29 Å². The van der Waals surface area contributed by atoms with Crippen LogP contribution in [0.1, 0.15) is 32.6 Å². The maximum absolute atomic E-state index is 5.58. The average Bonchev–Trinajstić information content (AvgIpc) is 2.85. The van der Waals surface area contributed by atoms with Crippen LogP contribution in [0.15, 0.2) is 0 Å². The molecule has 0 N–H and O–H groups in total. The molecule has 0 radical (unpaired) electrons. The van der Waals surface area contributed by atoms with Gasteiger partial charge in [-0.05, 0) is 39.4 Å². The van der Waals surface area contributed by atoms with E-state index in [0.717, 1.165) is 38.6 Å². The SMILES string of the molecule is CCN1CCCC1CN(C)CCC1OCCCO1. The molecule has 106 valence electrons. The lowest BCUT2D eigenvalue weighted by atomic mass is 10.2. The van der Waals surface area contributed by atoms with Crippen LogP contribution in [0.3, 0.4) is 0 Å². The molecule has 2 fully saturated rings. The first-order valence-electron chi connectivity index (χ1n) is 7.45. The van der Waals surface area contributed by atoms with Crippen LogP contribution in [0.5, 0.6) is 0 Å². The molecule has 0 spiro atoms. The fourth-order valence-electron chi connectivity index (χ4n) is 3.00. The van der Waals surface area contributed by atoms with Crippen molar-refractivity contribution in [3.8, 4) is 0 Å². The smallest absolute Gasteiger partial charge is 0.158 e. The van der Waals surface area contributed by atoms with Gasteiger partial charge in [-0.25, -0.2) is 0 Å². The highest BCUT2D eigenvalue weighted by molar-refractivity contribution is 4.80. The Labute approximate surface area is 111 Å². The summed E-state index contributed by atoms with van der Waals surface area (Å²) in [6, 6.07) is 0.758. The summed E-state index contributed by atoms with van der Waals surface area (Å²) >= 11 is 0.